The Bertz CT molecular complexity index is 926. The number of rotatable bonds is 6. The van der Waals surface area contributed by atoms with Crippen LogP contribution >= 0.6 is 11.3 Å². The minimum atomic E-state index is -0.485. The van der Waals surface area contributed by atoms with Gasteiger partial charge in [-0.05, 0) is 29.3 Å². The van der Waals surface area contributed by atoms with Crippen LogP contribution in [0.25, 0.3) is 5.70 Å². The molecule has 0 unspecified atom stereocenters. The minimum absolute atomic E-state index is 0.176. The lowest BCUT2D eigenvalue weighted by Crippen LogP contribution is -2.32. The Morgan fingerprint density at radius 2 is 1.93 bits per heavy atom. The molecule has 7 heteroatoms. The Morgan fingerprint density at radius 1 is 1.25 bits per heavy atom. The molecule has 0 fully saturated rings. The van der Waals surface area contributed by atoms with E-state index in [-0.39, 0.29) is 12.5 Å². The third-order valence-corrected chi connectivity index (χ3v) is 5.42. The summed E-state index contributed by atoms with van der Waals surface area (Å²) in [4.78, 5) is 38.7. The second-order valence-electron chi connectivity index (χ2n) is 6.99. The zero-order valence-corrected chi connectivity index (χ0v) is 16.9. The second-order valence-corrected chi connectivity index (χ2v) is 7.87. The van der Waals surface area contributed by atoms with E-state index in [0.717, 1.165) is 11.1 Å². The van der Waals surface area contributed by atoms with Crippen molar-refractivity contribution in [3.8, 4) is 0 Å². The molecule has 0 saturated heterocycles. The number of nitrogens with one attached hydrogen (secondary N) is 1. The first-order valence-electron chi connectivity index (χ1n) is 8.92. The van der Waals surface area contributed by atoms with E-state index < -0.39 is 11.9 Å². The molecule has 0 bridgehead atoms. The maximum atomic E-state index is 12.6. The van der Waals surface area contributed by atoms with Gasteiger partial charge in [-0.2, -0.15) is 0 Å². The van der Waals surface area contributed by atoms with Crippen LogP contribution in [0.3, 0.4) is 0 Å². The summed E-state index contributed by atoms with van der Waals surface area (Å²) in [7, 11) is 1.31. The molecule has 2 heterocycles. The van der Waals surface area contributed by atoms with E-state index in [1.807, 2.05) is 11.4 Å². The fourth-order valence-corrected chi connectivity index (χ4v) is 4.19. The largest absolute Gasteiger partial charge is 0.465 e. The molecule has 2 aromatic rings. The molecule has 0 radical (unpaired) electrons. The molecule has 146 valence electrons. The lowest BCUT2D eigenvalue weighted by atomic mass is 10.0. The maximum Gasteiger partial charge on any atom is 0.341 e. The zero-order chi connectivity index (χ0) is 20.4. The number of hydrogen-bond donors (Lipinski definition) is 1. The van der Waals surface area contributed by atoms with Gasteiger partial charge in [-0.15, -0.1) is 11.3 Å². The van der Waals surface area contributed by atoms with Crippen LogP contribution in [0.2, 0.25) is 0 Å². The molecule has 0 spiro atoms. The first-order valence-corrected chi connectivity index (χ1v) is 9.80. The molecule has 0 atom stereocenters. The van der Waals surface area contributed by atoms with Crippen molar-refractivity contribution in [2.75, 3.05) is 19.0 Å². The fourth-order valence-electron chi connectivity index (χ4n) is 3.21. The van der Waals surface area contributed by atoms with Crippen molar-refractivity contribution in [3.63, 3.8) is 0 Å². The maximum absolute atomic E-state index is 12.6. The predicted molar refractivity (Wildman–Crippen MR) is 109 cm³/mol. The standard InChI is InChI=1S/C21H22N2O4S/c1-12(2)9-14-11-28-19(18(14)21(26)27-4)22-17(24)10-23-13(3)15-7-5-6-8-16(15)20(23)25/h5-8,11-12H,3,9-10H2,1-2,4H3,(H,22,24). The topological polar surface area (TPSA) is 75.7 Å². The van der Waals surface area contributed by atoms with E-state index in [4.69, 9.17) is 4.74 Å². The van der Waals surface area contributed by atoms with E-state index >= 15 is 0 Å². The number of esters is 1. The van der Waals surface area contributed by atoms with Gasteiger partial charge in [-0.1, -0.05) is 38.6 Å². The van der Waals surface area contributed by atoms with Crippen LogP contribution in [0.15, 0.2) is 36.2 Å². The monoisotopic (exact) mass is 398 g/mol. The third kappa shape index (κ3) is 3.71. The molecule has 1 aliphatic heterocycles. The molecule has 1 aromatic heterocycles. The number of fused-ring (bicyclic) bond motifs is 1. The highest BCUT2D eigenvalue weighted by Gasteiger charge is 2.32. The minimum Gasteiger partial charge on any atom is -0.465 e. The number of benzene rings is 1. The average molecular weight is 398 g/mol. The Hall–Kier alpha value is -2.93. The van der Waals surface area contributed by atoms with E-state index in [0.29, 0.717) is 34.2 Å². The number of nitrogens with zero attached hydrogens (tertiary/aromatic N) is 1. The van der Waals surface area contributed by atoms with E-state index in [2.05, 4.69) is 25.7 Å². The molecule has 2 amide bonds. The summed E-state index contributed by atoms with van der Waals surface area (Å²) in [5.74, 6) is -0.784. The van der Waals surface area contributed by atoms with E-state index in [1.54, 1.807) is 18.2 Å². The van der Waals surface area contributed by atoms with Gasteiger partial charge >= 0.3 is 5.97 Å². The summed E-state index contributed by atoms with van der Waals surface area (Å²) in [5.41, 5.74) is 2.98. The van der Waals surface area contributed by atoms with Gasteiger partial charge in [-0.25, -0.2) is 4.79 Å². The highest BCUT2D eigenvalue weighted by Crippen LogP contribution is 2.33. The average Bonchev–Trinajstić information content (AvgIpc) is 3.15. The van der Waals surface area contributed by atoms with Gasteiger partial charge in [0.1, 0.15) is 11.5 Å². The molecule has 3 rings (SSSR count). The zero-order valence-electron chi connectivity index (χ0n) is 16.1. The summed E-state index contributed by atoms with van der Waals surface area (Å²) < 4.78 is 4.89. The van der Waals surface area contributed by atoms with E-state index in [9.17, 15) is 14.4 Å². The Balaban J connectivity index is 1.77. The molecule has 0 aliphatic carbocycles. The Labute approximate surface area is 167 Å². The van der Waals surface area contributed by atoms with Crippen molar-refractivity contribution in [2.24, 2.45) is 5.92 Å². The van der Waals surface area contributed by atoms with Crippen molar-refractivity contribution in [1.29, 1.82) is 0 Å². The van der Waals surface area contributed by atoms with Gasteiger partial charge < -0.3 is 10.1 Å². The summed E-state index contributed by atoms with van der Waals surface area (Å²) in [6.07, 6.45) is 0.702. The number of ether oxygens (including phenoxy) is 1. The number of carbonyl (C=O) groups is 3. The summed E-state index contributed by atoms with van der Waals surface area (Å²) >= 11 is 1.28. The fraction of sp³-hybridized carbons (Fsp3) is 0.286. The molecule has 28 heavy (non-hydrogen) atoms. The lowest BCUT2D eigenvalue weighted by molar-refractivity contribution is -0.116. The van der Waals surface area contributed by atoms with Crippen molar-refractivity contribution >= 4 is 39.8 Å². The first-order chi connectivity index (χ1) is 13.3. The second kappa shape index (κ2) is 7.98. The van der Waals surface area contributed by atoms with E-state index in [1.165, 1.54) is 23.3 Å². The van der Waals surface area contributed by atoms with Gasteiger partial charge in [0.25, 0.3) is 5.91 Å². The molecular weight excluding hydrogens is 376 g/mol. The van der Waals surface area contributed by atoms with Gasteiger partial charge in [0.2, 0.25) is 5.91 Å². The van der Waals surface area contributed by atoms with Crippen LogP contribution in [0.1, 0.15) is 45.7 Å². The number of thiophene rings is 1. The van der Waals surface area contributed by atoms with Crippen LogP contribution in [0, 0.1) is 5.92 Å². The number of hydrogen-bond acceptors (Lipinski definition) is 5. The highest BCUT2D eigenvalue weighted by atomic mass is 32.1. The van der Waals surface area contributed by atoms with Gasteiger partial charge in [0, 0.05) is 16.8 Å². The summed E-state index contributed by atoms with van der Waals surface area (Å²) in [6.45, 7) is 7.87. The number of amides is 2. The number of carbonyl (C=O) groups excluding carboxylic acids is 3. The third-order valence-electron chi connectivity index (χ3n) is 4.48. The molecule has 1 aromatic carbocycles. The van der Waals surface area contributed by atoms with Gasteiger partial charge in [0.05, 0.1) is 12.7 Å². The van der Waals surface area contributed by atoms with Gasteiger partial charge in [-0.3, -0.25) is 14.5 Å². The normalized spacial score (nSPS) is 13.1. The first kappa shape index (κ1) is 19.8. The Kier molecular flexibility index (Phi) is 5.65. The van der Waals surface area contributed by atoms with Crippen LogP contribution in [-0.2, 0) is 16.0 Å². The Morgan fingerprint density at radius 3 is 2.54 bits per heavy atom. The van der Waals surface area contributed by atoms with Crippen molar-refractivity contribution in [3.05, 3.63) is 58.5 Å². The predicted octanol–water partition coefficient (Wildman–Crippen LogP) is 3.80. The van der Waals surface area contributed by atoms with Crippen molar-refractivity contribution < 1.29 is 19.1 Å². The summed E-state index contributed by atoms with van der Waals surface area (Å²) in [6, 6.07) is 7.12. The van der Waals surface area contributed by atoms with Gasteiger partial charge in [0.15, 0.2) is 0 Å². The van der Waals surface area contributed by atoms with Crippen LogP contribution in [0.4, 0.5) is 5.00 Å². The van der Waals surface area contributed by atoms with Crippen LogP contribution in [-0.4, -0.2) is 36.3 Å². The van der Waals surface area contributed by atoms with Crippen molar-refractivity contribution in [2.45, 2.75) is 20.3 Å². The summed E-state index contributed by atoms with van der Waals surface area (Å²) in [5, 5.41) is 5.05. The van der Waals surface area contributed by atoms with Crippen LogP contribution < -0.4 is 5.32 Å². The lowest BCUT2D eigenvalue weighted by Gasteiger charge is -2.17. The quantitative estimate of drug-likeness (QED) is 0.751. The number of methoxy groups -OCH3 is 1. The highest BCUT2D eigenvalue weighted by molar-refractivity contribution is 7.15. The molecular formula is C21H22N2O4S. The van der Waals surface area contributed by atoms with Crippen LogP contribution in [0.5, 0.6) is 0 Å². The molecule has 0 saturated carbocycles. The molecule has 6 nitrogen and oxygen atoms in total. The number of anilines is 1. The van der Waals surface area contributed by atoms with Crippen molar-refractivity contribution in [1.82, 2.24) is 4.90 Å². The SMILES string of the molecule is C=C1c2ccccc2C(=O)N1CC(=O)Nc1scc(CC(C)C)c1C(=O)OC. The smallest absolute Gasteiger partial charge is 0.341 e. The molecule has 1 N–H and O–H groups in total. The molecule has 1 aliphatic rings.